The van der Waals surface area contributed by atoms with Crippen LogP contribution in [0.2, 0.25) is 0 Å². The fraction of sp³-hybridized carbons (Fsp3) is 0.353. The van der Waals surface area contributed by atoms with E-state index < -0.39 is 0 Å². The van der Waals surface area contributed by atoms with E-state index >= 15 is 0 Å². The molecule has 0 saturated heterocycles. The van der Waals surface area contributed by atoms with Gasteiger partial charge < -0.3 is 14.9 Å². The lowest BCUT2D eigenvalue weighted by molar-refractivity contribution is -0.129. The lowest BCUT2D eigenvalue weighted by Crippen LogP contribution is -2.42. The summed E-state index contributed by atoms with van der Waals surface area (Å²) in [4.78, 5) is 28.1. The third kappa shape index (κ3) is 3.10. The monoisotopic (exact) mass is 328 g/mol. The Kier molecular flexibility index (Phi) is 4.24. The van der Waals surface area contributed by atoms with E-state index in [4.69, 9.17) is 0 Å². The van der Waals surface area contributed by atoms with E-state index in [0.29, 0.717) is 18.7 Å². The molecule has 2 aromatic rings. The topological polar surface area (TPSA) is 78.7 Å². The summed E-state index contributed by atoms with van der Waals surface area (Å²) in [6, 6.07) is 7.96. The van der Waals surface area contributed by atoms with E-state index in [9.17, 15) is 14.7 Å². The van der Waals surface area contributed by atoms with Crippen molar-refractivity contribution in [1.29, 1.82) is 0 Å². The third-order valence-electron chi connectivity index (χ3n) is 4.17. The number of aromatic hydroxyl groups is 1. The Hall–Kier alpha value is -2.83. The van der Waals surface area contributed by atoms with Gasteiger partial charge in [0.25, 0.3) is 5.91 Å². The van der Waals surface area contributed by atoms with Gasteiger partial charge in [0.2, 0.25) is 5.91 Å². The van der Waals surface area contributed by atoms with Crippen LogP contribution < -0.4 is 0 Å². The lowest BCUT2D eigenvalue weighted by Gasteiger charge is -2.34. The predicted octanol–water partition coefficient (Wildman–Crippen LogP) is 1.26. The molecule has 0 aliphatic carbocycles. The molecule has 0 radical (unpaired) electrons. The standard InChI is InChI=1S/C17H20N4O3/c1-19(2)16(23)9-14-11-20(10-13-6-7-18-21(13)14)17(24)12-4-3-5-15(22)8-12/h3-8,14,22H,9-11H2,1-2H3. The molecule has 2 amide bonds. The highest BCUT2D eigenvalue weighted by atomic mass is 16.3. The Balaban J connectivity index is 1.84. The number of aromatic nitrogens is 2. The molecule has 0 bridgehead atoms. The highest BCUT2D eigenvalue weighted by molar-refractivity contribution is 5.94. The average Bonchev–Trinajstić information content (AvgIpc) is 3.02. The van der Waals surface area contributed by atoms with Crippen LogP contribution in [0.25, 0.3) is 0 Å². The van der Waals surface area contributed by atoms with Gasteiger partial charge in [-0.3, -0.25) is 14.3 Å². The Morgan fingerprint density at radius 2 is 2.12 bits per heavy atom. The van der Waals surface area contributed by atoms with Crippen molar-refractivity contribution in [3.8, 4) is 5.75 Å². The number of rotatable bonds is 3. The molecule has 126 valence electrons. The first-order valence-electron chi connectivity index (χ1n) is 7.76. The molecule has 1 aromatic heterocycles. The summed E-state index contributed by atoms with van der Waals surface area (Å²) in [5.41, 5.74) is 1.33. The van der Waals surface area contributed by atoms with Gasteiger partial charge >= 0.3 is 0 Å². The highest BCUT2D eigenvalue weighted by Crippen LogP contribution is 2.25. The molecule has 1 unspecified atom stereocenters. The molecule has 1 aromatic carbocycles. The Morgan fingerprint density at radius 1 is 1.33 bits per heavy atom. The van der Waals surface area contributed by atoms with Crippen LogP contribution in [0.3, 0.4) is 0 Å². The molecule has 0 fully saturated rings. The molecule has 1 N–H and O–H groups in total. The van der Waals surface area contributed by atoms with Gasteiger partial charge in [0.1, 0.15) is 5.75 Å². The number of phenolic OH excluding ortho intramolecular Hbond substituents is 1. The largest absolute Gasteiger partial charge is 0.508 e. The highest BCUT2D eigenvalue weighted by Gasteiger charge is 2.30. The molecule has 3 rings (SSSR count). The second-order valence-corrected chi connectivity index (χ2v) is 6.15. The Labute approximate surface area is 140 Å². The molecular formula is C17H20N4O3. The van der Waals surface area contributed by atoms with Crippen LogP contribution in [0, 0.1) is 0 Å². The number of fused-ring (bicyclic) bond motifs is 1. The summed E-state index contributed by atoms with van der Waals surface area (Å²) < 4.78 is 1.83. The fourth-order valence-electron chi connectivity index (χ4n) is 2.90. The predicted molar refractivity (Wildman–Crippen MR) is 87.4 cm³/mol. The molecule has 1 aliphatic rings. The summed E-state index contributed by atoms with van der Waals surface area (Å²) in [6.07, 6.45) is 1.97. The number of phenols is 1. The van der Waals surface area contributed by atoms with Crippen molar-refractivity contribution in [2.24, 2.45) is 0 Å². The average molecular weight is 328 g/mol. The summed E-state index contributed by atoms with van der Waals surface area (Å²) in [7, 11) is 3.43. The van der Waals surface area contributed by atoms with Crippen LogP contribution in [-0.4, -0.2) is 57.1 Å². The molecule has 0 spiro atoms. The quantitative estimate of drug-likeness (QED) is 0.920. The minimum Gasteiger partial charge on any atom is -0.508 e. The molecule has 7 heteroatoms. The first-order valence-corrected chi connectivity index (χ1v) is 7.76. The van der Waals surface area contributed by atoms with Crippen molar-refractivity contribution in [3.63, 3.8) is 0 Å². The minimum atomic E-state index is -0.195. The summed E-state index contributed by atoms with van der Waals surface area (Å²) in [5.74, 6) is -0.115. The summed E-state index contributed by atoms with van der Waals surface area (Å²) in [5, 5.41) is 13.9. The SMILES string of the molecule is CN(C)C(=O)CC1CN(C(=O)c2cccc(O)c2)Cc2ccnn21. The number of carbonyl (C=O) groups excluding carboxylic acids is 2. The van der Waals surface area contributed by atoms with Gasteiger partial charge in [0, 0.05) is 32.4 Å². The molecular weight excluding hydrogens is 308 g/mol. The van der Waals surface area contributed by atoms with E-state index in [1.54, 1.807) is 42.2 Å². The number of nitrogens with zero attached hydrogens (tertiary/aromatic N) is 4. The van der Waals surface area contributed by atoms with Crippen molar-refractivity contribution in [1.82, 2.24) is 19.6 Å². The molecule has 1 atom stereocenters. The maximum atomic E-state index is 12.7. The normalized spacial score (nSPS) is 16.6. The molecule has 1 aliphatic heterocycles. The van der Waals surface area contributed by atoms with Crippen molar-refractivity contribution in [2.75, 3.05) is 20.6 Å². The molecule has 2 heterocycles. The van der Waals surface area contributed by atoms with E-state index in [1.807, 2.05) is 10.7 Å². The third-order valence-corrected chi connectivity index (χ3v) is 4.17. The zero-order valence-corrected chi connectivity index (χ0v) is 13.7. The van der Waals surface area contributed by atoms with Crippen LogP contribution >= 0.6 is 0 Å². The zero-order chi connectivity index (χ0) is 17.3. The van der Waals surface area contributed by atoms with Gasteiger partial charge in [-0.15, -0.1) is 0 Å². The molecule has 24 heavy (non-hydrogen) atoms. The molecule has 7 nitrogen and oxygen atoms in total. The second kappa shape index (κ2) is 6.35. The van der Waals surface area contributed by atoms with E-state index in [1.165, 1.54) is 12.1 Å². The van der Waals surface area contributed by atoms with Gasteiger partial charge in [-0.05, 0) is 24.3 Å². The van der Waals surface area contributed by atoms with Crippen molar-refractivity contribution < 1.29 is 14.7 Å². The summed E-state index contributed by atoms with van der Waals surface area (Å²) >= 11 is 0. The van der Waals surface area contributed by atoms with Gasteiger partial charge in [0.15, 0.2) is 0 Å². The van der Waals surface area contributed by atoms with E-state index in [2.05, 4.69) is 5.10 Å². The summed E-state index contributed by atoms with van der Waals surface area (Å²) in [6.45, 7) is 0.837. The fourth-order valence-corrected chi connectivity index (χ4v) is 2.90. The first kappa shape index (κ1) is 16.0. The number of hydrogen-bond acceptors (Lipinski definition) is 4. The van der Waals surface area contributed by atoms with Crippen LogP contribution in [0.5, 0.6) is 5.75 Å². The first-order chi connectivity index (χ1) is 11.5. The van der Waals surface area contributed by atoms with Gasteiger partial charge in [-0.25, -0.2) is 0 Å². The zero-order valence-electron chi connectivity index (χ0n) is 13.7. The number of amides is 2. The molecule has 0 saturated carbocycles. The van der Waals surface area contributed by atoms with Crippen LogP contribution in [0.15, 0.2) is 36.5 Å². The number of hydrogen-bond donors (Lipinski definition) is 1. The van der Waals surface area contributed by atoms with Crippen molar-refractivity contribution in [2.45, 2.75) is 19.0 Å². The van der Waals surface area contributed by atoms with Crippen LogP contribution in [-0.2, 0) is 11.3 Å². The van der Waals surface area contributed by atoms with Gasteiger partial charge in [0.05, 0.1) is 24.7 Å². The smallest absolute Gasteiger partial charge is 0.254 e. The van der Waals surface area contributed by atoms with Gasteiger partial charge in [-0.2, -0.15) is 5.10 Å². The Bertz CT molecular complexity index is 769. The van der Waals surface area contributed by atoms with Crippen molar-refractivity contribution >= 4 is 11.8 Å². The minimum absolute atomic E-state index is 0.00638. The van der Waals surface area contributed by atoms with E-state index in [0.717, 1.165) is 5.69 Å². The lowest BCUT2D eigenvalue weighted by atomic mass is 10.1. The van der Waals surface area contributed by atoms with Crippen LogP contribution in [0.4, 0.5) is 0 Å². The van der Waals surface area contributed by atoms with Crippen LogP contribution in [0.1, 0.15) is 28.5 Å². The van der Waals surface area contributed by atoms with E-state index in [-0.39, 0.29) is 30.0 Å². The Morgan fingerprint density at radius 3 is 2.83 bits per heavy atom. The maximum Gasteiger partial charge on any atom is 0.254 e. The number of carbonyl (C=O) groups is 2. The van der Waals surface area contributed by atoms with Crippen molar-refractivity contribution in [3.05, 3.63) is 47.8 Å². The second-order valence-electron chi connectivity index (χ2n) is 6.15. The maximum absolute atomic E-state index is 12.7. The number of benzene rings is 1. The van der Waals surface area contributed by atoms with Gasteiger partial charge in [-0.1, -0.05) is 6.07 Å².